The number of thiophene rings is 1. The first-order valence-corrected chi connectivity index (χ1v) is 6.03. The van der Waals surface area contributed by atoms with Gasteiger partial charge in [0.05, 0.1) is 11.7 Å². The maximum atomic E-state index is 13.4. The Labute approximate surface area is 97.9 Å². The van der Waals surface area contributed by atoms with E-state index in [4.69, 9.17) is 5.73 Å². The minimum Gasteiger partial charge on any atom is -0.323 e. The maximum absolute atomic E-state index is 13.4. The molecule has 2 aromatic heterocycles. The fraction of sp³-hybridized carbons (Fsp3) is 0.250. The predicted octanol–water partition coefficient (Wildman–Crippen LogP) is 2.91. The largest absolute Gasteiger partial charge is 0.323 e. The Morgan fingerprint density at radius 2 is 2.25 bits per heavy atom. The van der Waals surface area contributed by atoms with Crippen LogP contribution in [0.15, 0.2) is 35.8 Å². The maximum Gasteiger partial charge on any atom is 0.146 e. The smallest absolute Gasteiger partial charge is 0.146 e. The summed E-state index contributed by atoms with van der Waals surface area (Å²) in [5.74, 6) is -0.318. The lowest BCUT2D eigenvalue weighted by atomic mass is 10.1. The third kappa shape index (κ3) is 2.65. The summed E-state index contributed by atoms with van der Waals surface area (Å²) in [4.78, 5) is 5.25. The van der Waals surface area contributed by atoms with Crippen LogP contribution < -0.4 is 5.73 Å². The van der Waals surface area contributed by atoms with Crippen LogP contribution in [0.3, 0.4) is 0 Å². The number of rotatable bonds is 4. The number of nitrogens with zero attached hydrogens (tertiary/aromatic N) is 1. The lowest BCUT2D eigenvalue weighted by Crippen LogP contribution is -2.14. The summed E-state index contributed by atoms with van der Waals surface area (Å²) in [6, 6.07) is 6.71. The molecule has 4 heteroatoms. The molecule has 0 amide bonds. The van der Waals surface area contributed by atoms with Crippen molar-refractivity contribution < 1.29 is 4.39 Å². The highest BCUT2D eigenvalue weighted by molar-refractivity contribution is 7.09. The molecule has 0 radical (unpaired) electrons. The Hall–Kier alpha value is -1.26. The molecule has 0 aliphatic heterocycles. The summed E-state index contributed by atoms with van der Waals surface area (Å²) in [5, 5.41) is 2.03. The zero-order valence-corrected chi connectivity index (χ0v) is 9.58. The summed E-state index contributed by atoms with van der Waals surface area (Å²) in [6.07, 6.45) is 3.16. The van der Waals surface area contributed by atoms with Gasteiger partial charge in [0.2, 0.25) is 0 Å². The molecule has 0 saturated carbocycles. The van der Waals surface area contributed by atoms with Gasteiger partial charge in [-0.25, -0.2) is 4.39 Å². The van der Waals surface area contributed by atoms with Gasteiger partial charge in [-0.1, -0.05) is 6.07 Å². The number of aryl methyl sites for hydroxylation is 1. The van der Waals surface area contributed by atoms with Gasteiger partial charge in [0.25, 0.3) is 0 Å². The van der Waals surface area contributed by atoms with Gasteiger partial charge in [0.1, 0.15) is 5.82 Å². The minimum absolute atomic E-state index is 0.318. The average molecular weight is 236 g/mol. The van der Waals surface area contributed by atoms with Crippen LogP contribution in [-0.4, -0.2) is 4.98 Å². The van der Waals surface area contributed by atoms with Gasteiger partial charge < -0.3 is 5.73 Å². The summed E-state index contributed by atoms with van der Waals surface area (Å²) in [5.41, 5.74) is 6.27. The van der Waals surface area contributed by atoms with Crippen LogP contribution in [0.4, 0.5) is 4.39 Å². The summed E-state index contributed by atoms with van der Waals surface area (Å²) < 4.78 is 13.4. The molecule has 1 atom stereocenters. The number of aromatic nitrogens is 1. The molecule has 0 aromatic carbocycles. The normalized spacial score (nSPS) is 12.6. The third-order valence-corrected chi connectivity index (χ3v) is 3.36. The molecular weight excluding hydrogens is 223 g/mol. The topological polar surface area (TPSA) is 38.9 Å². The first-order valence-electron chi connectivity index (χ1n) is 5.16. The third-order valence-electron chi connectivity index (χ3n) is 2.42. The summed E-state index contributed by atoms with van der Waals surface area (Å²) in [7, 11) is 0. The first kappa shape index (κ1) is 11.2. The molecule has 0 bridgehead atoms. The summed E-state index contributed by atoms with van der Waals surface area (Å²) in [6.45, 7) is 0. The molecule has 0 aliphatic carbocycles. The van der Waals surface area contributed by atoms with E-state index in [1.807, 2.05) is 11.4 Å². The standard InChI is InChI=1S/C12H13FN2S/c13-10-4-1-7-15-12(10)11(14)6-5-9-3-2-8-16-9/h1-4,7-8,11H,5-6,14H2. The van der Waals surface area contributed by atoms with Crippen LogP contribution in [0.1, 0.15) is 23.0 Å². The number of halogens is 1. The van der Waals surface area contributed by atoms with Crippen molar-refractivity contribution >= 4 is 11.3 Å². The van der Waals surface area contributed by atoms with Crippen LogP contribution in [0.5, 0.6) is 0 Å². The van der Waals surface area contributed by atoms with Gasteiger partial charge in [-0.2, -0.15) is 0 Å². The molecule has 2 nitrogen and oxygen atoms in total. The van der Waals surface area contributed by atoms with Gasteiger partial charge in [-0.15, -0.1) is 11.3 Å². The fourth-order valence-electron chi connectivity index (χ4n) is 1.56. The van der Waals surface area contributed by atoms with E-state index in [9.17, 15) is 4.39 Å². The lowest BCUT2D eigenvalue weighted by Gasteiger charge is -2.10. The van der Waals surface area contributed by atoms with Crippen molar-refractivity contribution in [2.24, 2.45) is 5.73 Å². The zero-order chi connectivity index (χ0) is 11.4. The molecule has 0 fully saturated rings. The van der Waals surface area contributed by atoms with Gasteiger partial charge in [0.15, 0.2) is 0 Å². The van der Waals surface area contributed by atoms with Crippen molar-refractivity contribution in [3.63, 3.8) is 0 Å². The predicted molar refractivity (Wildman–Crippen MR) is 63.8 cm³/mol. The van der Waals surface area contributed by atoms with Crippen LogP contribution in [0, 0.1) is 5.82 Å². The second kappa shape index (κ2) is 5.18. The zero-order valence-electron chi connectivity index (χ0n) is 8.77. The van der Waals surface area contributed by atoms with Crippen LogP contribution in [0.2, 0.25) is 0 Å². The van der Waals surface area contributed by atoms with E-state index in [0.29, 0.717) is 12.1 Å². The number of hydrogen-bond acceptors (Lipinski definition) is 3. The molecule has 1 unspecified atom stereocenters. The van der Waals surface area contributed by atoms with E-state index in [2.05, 4.69) is 11.1 Å². The van der Waals surface area contributed by atoms with E-state index < -0.39 is 0 Å². The van der Waals surface area contributed by atoms with E-state index in [1.54, 1.807) is 23.6 Å². The van der Waals surface area contributed by atoms with Gasteiger partial charge in [-0.3, -0.25) is 4.98 Å². The monoisotopic (exact) mass is 236 g/mol. The number of pyridine rings is 1. The second-order valence-electron chi connectivity index (χ2n) is 3.59. The van der Waals surface area contributed by atoms with Crippen molar-refractivity contribution in [1.82, 2.24) is 4.98 Å². The molecule has 2 aromatic rings. The van der Waals surface area contributed by atoms with Crippen molar-refractivity contribution in [2.75, 3.05) is 0 Å². The first-order chi connectivity index (χ1) is 7.77. The van der Waals surface area contributed by atoms with E-state index >= 15 is 0 Å². The van der Waals surface area contributed by atoms with E-state index in [0.717, 1.165) is 6.42 Å². The molecule has 84 valence electrons. The fourth-order valence-corrected chi connectivity index (χ4v) is 2.28. The number of nitrogens with two attached hydrogens (primary N) is 1. The highest BCUT2D eigenvalue weighted by Crippen LogP contribution is 2.19. The molecular formula is C12H13FN2S. The van der Waals surface area contributed by atoms with Crippen molar-refractivity contribution in [1.29, 1.82) is 0 Å². The van der Waals surface area contributed by atoms with Crippen LogP contribution in [0.25, 0.3) is 0 Å². The highest BCUT2D eigenvalue weighted by Gasteiger charge is 2.12. The quantitative estimate of drug-likeness (QED) is 0.886. The van der Waals surface area contributed by atoms with E-state index in [1.165, 1.54) is 10.9 Å². The molecule has 0 spiro atoms. The molecule has 0 aliphatic rings. The number of hydrogen-bond donors (Lipinski definition) is 1. The van der Waals surface area contributed by atoms with Crippen molar-refractivity contribution in [3.8, 4) is 0 Å². The highest BCUT2D eigenvalue weighted by atomic mass is 32.1. The molecule has 2 heterocycles. The summed E-state index contributed by atoms with van der Waals surface area (Å²) >= 11 is 1.69. The van der Waals surface area contributed by atoms with Crippen LogP contribution in [-0.2, 0) is 6.42 Å². The molecule has 0 saturated heterocycles. The Bertz CT molecular complexity index is 442. The van der Waals surface area contributed by atoms with Crippen molar-refractivity contribution in [2.45, 2.75) is 18.9 Å². The van der Waals surface area contributed by atoms with Gasteiger partial charge in [-0.05, 0) is 36.4 Å². The lowest BCUT2D eigenvalue weighted by molar-refractivity contribution is 0.548. The Morgan fingerprint density at radius 1 is 1.38 bits per heavy atom. The molecule has 2 rings (SSSR count). The minimum atomic E-state index is -0.330. The van der Waals surface area contributed by atoms with Gasteiger partial charge >= 0.3 is 0 Å². The average Bonchev–Trinajstić information content (AvgIpc) is 2.79. The Balaban J connectivity index is 1.98. The van der Waals surface area contributed by atoms with Crippen molar-refractivity contribution in [3.05, 3.63) is 52.2 Å². The Morgan fingerprint density at radius 3 is 2.94 bits per heavy atom. The molecule has 2 N–H and O–H groups in total. The van der Waals surface area contributed by atoms with E-state index in [-0.39, 0.29) is 11.9 Å². The van der Waals surface area contributed by atoms with Crippen LogP contribution >= 0.6 is 11.3 Å². The molecule has 16 heavy (non-hydrogen) atoms. The Kier molecular flexibility index (Phi) is 3.64. The second-order valence-corrected chi connectivity index (χ2v) is 4.63. The van der Waals surface area contributed by atoms with Gasteiger partial charge in [0, 0.05) is 11.1 Å². The SMILES string of the molecule is NC(CCc1cccs1)c1ncccc1F.